The highest BCUT2D eigenvalue weighted by atomic mass is 16.5. The van der Waals surface area contributed by atoms with Gasteiger partial charge in [-0.3, -0.25) is 0 Å². The number of allylic oxidation sites excluding steroid dienone is 5. The number of anilines is 1. The molecule has 2 aromatic carbocycles. The largest absolute Gasteiger partial charge is 0.494 e. The van der Waals surface area contributed by atoms with Gasteiger partial charge in [-0.05, 0) is 71.9 Å². The van der Waals surface area contributed by atoms with Crippen molar-refractivity contribution in [3.05, 3.63) is 88.7 Å². The zero-order valence-electron chi connectivity index (χ0n) is 16.0. The fraction of sp³-hybridized carbons (Fsp3) is 0.208. The zero-order chi connectivity index (χ0) is 19.2. The molecular formula is C24H26N2O. The predicted octanol–water partition coefficient (Wildman–Crippen LogP) is 5.62. The number of ether oxygens (including phenoxy) is 1. The van der Waals surface area contributed by atoms with Gasteiger partial charge in [-0.1, -0.05) is 43.3 Å². The lowest BCUT2D eigenvalue weighted by molar-refractivity contribution is 0.243. The Hall–Kier alpha value is -3.07. The topological polar surface area (TPSA) is 59.1 Å². The summed E-state index contributed by atoms with van der Waals surface area (Å²) in [7, 11) is 0. The van der Waals surface area contributed by atoms with Crippen molar-refractivity contribution in [3.63, 3.8) is 0 Å². The second-order valence-electron chi connectivity index (χ2n) is 6.48. The Labute approximate surface area is 161 Å². The van der Waals surface area contributed by atoms with E-state index in [-0.39, 0.29) is 0 Å². The molecule has 0 saturated carbocycles. The van der Waals surface area contributed by atoms with Crippen LogP contribution in [0.3, 0.4) is 0 Å². The third kappa shape index (κ3) is 4.03. The molecule has 0 spiro atoms. The van der Waals surface area contributed by atoms with E-state index in [4.69, 9.17) is 15.9 Å². The van der Waals surface area contributed by atoms with Gasteiger partial charge in [0.25, 0.3) is 0 Å². The number of nitrogen functional groups attached to an aromatic ring is 1. The predicted molar refractivity (Wildman–Crippen MR) is 115 cm³/mol. The Morgan fingerprint density at radius 1 is 1.15 bits per heavy atom. The number of aryl methyl sites for hydroxylation is 1. The van der Waals surface area contributed by atoms with Gasteiger partial charge in [-0.25, -0.2) is 0 Å². The van der Waals surface area contributed by atoms with E-state index < -0.39 is 0 Å². The molecule has 0 aromatic heterocycles. The minimum atomic E-state index is 0.616. The summed E-state index contributed by atoms with van der Waals surface area (Å²) in [6, 6.07) is 14.4. The molecule has 0 fully saturated rings. The third-order valence-corrected chi connectivity index (χ3v) is 4.80. The Bertz CT molecular complexity index is 935. The van der Waals surface area contributed by atoms with Crippen LogP contribution in [0.2, 0.25) is 0 Å². The van der Waals surface area contributed by atoms with Crippen LogP contribution in [-0.4, -0.2) is 12.8 Å². The smallest absolute Gasteiger partial charge is 0.119 e. The highest BCUT2D eigenvalue weighted by Crippen LogP contribution is 2.36. The summed E-state index contributed by atoms with van der Waals surface area (Å²) in [4.78, 5) is 0. The first-order valence-electron chi connectivity index (χ1n) is 9.40. The van der Waals surface area contributed by atoms with Crippen LogP contribution in [0.5, 0.6) is 0 Å². The standard InChI is InChI=1S/C24H26N2O/c1-3-17-8-5-6-10-21(17)22-11-7-9-20(27-4-2)15-23(22)18-12-13-24(26)19(14-18)16-25/h5-10,12-16,25H,3-4,11,26H2,1-2H3. The quantitative estimate of drug-likeness (QED) is 0.520. The Kier molecular flexibility index (Phi) is 5.92. The Morgan fingerprint density at radius 2 is 1.96 bits per heavy atom. The number of hydrogen-bond acceptors (Lipinski definition) is 3. The lowest BCUT2D eigenvalue weighted by Crippen LogP contribution is -1.98. The van der Waals surface area contributed by atoms with E-state index in [9.17, 15) is 0 Å². The van der Waals surface area contributed by atoms with Crippen molar-refractivity contribution in [2.75, 3.05) is 12.3 Å². The van der Waals surface area contributed by atoms with Gasteiger partial charge in [0, 0.05) is 17.5 Å². The fourth-order valence-electron chi connectivity index (χ4n) is 3.44. The second-order valence-corrected chi connectivity index (χ2v) is 6.48. The van der Waals surface area contributed by atoms with E-state index >= 15 is 0 Å². The molecule has 2 aromatic rings. The zero-order valence-corrected chi connectivity index (χ0v) is 16.0. The van der Waals surface area contributed by atoms with Crippen LogP contribution in [0.1, 0.15) is 42.5 Å². The first-order chi connectivity index (χ1) is 13.2. The van der Waals surface area contributed by atoms with Gasteiger partial charge in [0.1, 0.15) is 5.76 Å². The van der Waals surface area contributed by atoms with Gasteiger partial charge in [0.2, 0.25) is 0 Å². The summed E-state index contributed by atoms with van der Waals surface area (Å²) in [6.07, 6.45) is 9.41. The summed E-state index contributed by atoms with van der Waals surface area (Å²) < 4.78 is 5.81. The van der Waals surface area contributed by atoms with Crippen molar-refractivity contribution < 1.29 is 4.74 Å². The number of nitrogens with one attached hydrogen (secondary N) is 1. The van der Waals surface area contributed by atoms with Gasteiger partial charge in [-0.2, -0.15) is 0 Å². The van der Waals surface area contributed by atoms with Crippen molar-refractivity contribution in [1.82, 2.24) is 0 Å². The molecule has 0 radical (unpaired) electrons. The summed E-state index contributed by atoms with van der Waals surface area (Å²) in [6.45, 7) is 4.80. The molecule has 0 heterocycles. The van der Waals surface area contributed by atoms with E-state index in [1.54, 1.807) is 0 Å². The summed E-state index contributed by atoms with van der Waals surface area (Å²) in [5, 5.41) is 7.65. The van der Waals surface area contributed by atoms with Gasteiger partial charge in [0.05, 0.1) is 6.61 Å². The van der Waals surface area contributed by atoms with Crippen molar-refractivity contribution in [1.29, 1.82) is 5.41 Å². The molecule has 1 aliphatic carbocycles. The van der Waals surface area contributed by atoms with Crippen LogP contribution < -0.4 is 5.73 Å². The summed E-state index contributed by atoms with van der Waals surface area (Å²) in [5.74, 6) is 0.852. The molecule has 3 heteroatoms. The third-order valence-electron chi connectivity index (χ3n) is 4.80. The number of benzene rings is 2. The number of nitrogens with two attached hydrogens (primary N) is 1. The minimum Gasteiger partial charge on any atom is -0.494 e. The molecule has 27 heavy (non-hydrogen) atoms. The van der Waals surface area contributed by atoms with Crippen LogP contribution in [0.25, 0.3) is 11.1 Å². The second kappa shape index (κ2) is 8.54. The molecule has 0 bridgehead atoms. The maximum atomic E-state index is 7.65. The minimum absolute atomic E-state index is 0.616. The van der Waals surface area contributed by atoms with Crippen LogP contribution >= 0.6 is 0 Å². The molecule has 3 rings (SSSR count). The summed E-state index contributed by atoms with van der Waals surface area (Å²) >= 11 is 0. The van der Waals surface area contributed by atoms with Crippen LogP contribution in [0.4, 0.5) is 5.69 Å². The highest BCUT2D eigenvalue weighted by Gasteiger charge is 2.16. The maximum absolute atomic E-state index is 7.65. The van der Waals surface area contributed by atoms with Gasteiger partial charge in [0.15, 0.2) is 0 Å². The molecule has 138 valence electrons. The van der Waals surface area contributed by atoms with Crippen LogP contribution in [0, 0.1) is 5.41 Å². The summed E-state index contributed by atoms with van der Waals surface area (Å²) in [5.41, 5.74) is 13.4. The lowest BCUT2D eigenvalue weighted by atomic mass is 9.89. The molecule has 0 aliphatic heterocycles. The first-order valence-corrected chi connectivity index (χ1v) is 9.40. The first kappa shape index (κ1) is 18.7. The molecule has 3 N–H and O–H groups in total. The maximum Gasteiger partial charge on any atom is 0.119 e. The Morgan fingerprint density at radius 3 is 2.70 bits per heavy atom. The van der Waals surface area contributed by atoms with Crippen molar-refractivity contribution in [2.45, 2.75) is 26.7 Å². The normalized spacial score (nSPS) is 13.9. The van der Waals surface area contributed by atoms with Crippen molar-refractivity contribution in [2.24, 2.45) is 0 Å². The van der Waals surface area contributed by atoms with Gasteiger partial charge >= 0.3 is 0 Å². The molecule has 0 saturated heterocycles. The van der Waals surface area contributed by atoms with E-state index in [0.29, 0.717) is 12.3 Å². The van der Waals surface area contributed by atoms with E-state index in [1.807, 2.05) is 31.2 Å². The lowest BCUT2D eigenvalue weighted by Gasteiger charge is -2.16. The molecule has 3 nitrogen and oxygen atoms in total. The van der Waals surface area contributed by atoms with E-state index in [0.717, 1.165) is 35.3 Å². The average Bonchev–Trinajstić information content (AvgIpc) is 2.91. The van der Waals surface area contributed by atoms with Crippen molar-refractivity contribution >= 4 is 23.0 Å². The fourth-order valence-corrected chi connectivity index (χ4v) is 3.44. The molecule has 0 atom stereocenters. The highest BCUT2D eigenvalue weighted by molar-refractivity contribution is 5.99. The van der Waals surface area contributed by atoms with Crippen LogP contribution in [-0.2, 0) is 11.2 Å². The monoisotopic (exact) mass is 358 g/mol. The number of rotatable bonds is 6. The SMILES string of the molecule is CCOC1=CC(c2ccc(N)c(C=N)c2)=C(c2ccccc2CC)CC=C1. The molecule has 0 unspecified atom stereocenters. The van der Waals surface area contributed by atoms with E-state index in [1.165, 1.54) is 22.9 Å². The Balaban J connectivity index is 2.26. The molecule has 1 aliphatic rings. The van der Waals surface area contributed by atoms with Gasteiger partial charge in [-0.15, -0.1) is 0 Å². The van der Waals surface area contributed by atoms with Gasteiger partial charge < -0.3 is 15.9 Å². The average molecular weight is 358 g/mol. The van der Waals surface area contributed by atoms with E-state index in [2.05, 4.69) is 43.3 Å². The van der Waals surface area contributed by atoms with Crippen LogP contribution in [0.15, 0.2) is 66.5 Å². The number of hydrogen-bond donors (Lipinski definition) is 2. The molecule has 0 amide bonds. The van der Waals surface area contributed by atoms with Crippen molar-refractivity contribution in [3.8, 4) is 0 Å². The molecular weight excluding hydrogens is 332 g/mol.